The highest BCUT2D eigenvalue weighted by Gasteiger charge is 2.27. The van der Waals surface area contributed by atoms with Crippen molar-refractivity contribution in [2.24, 2.45) is 0 Å². The van der Waals surface area contributed by atoms with Crippen molar-refractivity contribution in [1.82, 2.24) is 15.2 Å². The van der Waals surface area contributed by atoms with E-state index in [2.05, 4.69) is 15.6 Å². The molecule has 1 aliphatic rings. The zero-order chi connectivity index (χ0) is 18.7. The molecular formula is C18H20N4O4. The quantitative estimate of drug-likeness (QED) is 0.772. The van der Waals surface area contributed by atoms with Gasteiger partial charge in [-0.15, -0.1) is 0 Å². The average Bonchev–Trinajstić information content (AvgIpc) is 3.11. The number of hydrogen-bond acceptors (Lipinski definition) is 5. The first-order chi connectivity index (χ1) is 12.4. The number of hydrogen-bond donors (Lipinski definition) is 2. The van der Waals surface area contributed by atoms with Crippen LogP contribution in [-0.4, -0.2) is 40.8 Å². The number of aromatic nitrogens is 1. The molecule has 3 rings (SSSR count). The summed E-state index contributed by atoms with van der Waals surface area (Å²) in [4.78, 5) is 40.5. The number of benzene rings is 1. The lowest BCUT2D eigenvalue weighted by atomic mass is 10.2. The Hall–Kier alpha value is -3.16. The number of carbonyl (C=O) groups excluding carboxylic acids is 3. The second-order valence-corrected chi connectivity index (χ2v) is 6.10. The van der Waals surface area contributed by atoms with Crippen molar-refractivity contribution in [2.75, 3.05) is 18.4 Å². The summed E-state index contributed by atoms with van der Waals surface area (Å²) in [5, 5.41) is 5.26. The van der Waals surface area contributed by atoms with E-state index in [4.69, 9.17) is 4.42 Å². The van der Waals surface area contributed by atoms with Gasteiger partial charge in [0.15, 0.2) is 0 Å². The molecule has 0 radical (unpaired) electrons. The molecule has 136 valence electrons. The third-order valence-corrected chi connectivity index (χ3v) is 4.14. The highest BCUT2D eigenvalue weighted by Crippen LogP contribution is 2.24. The fraction of sp³-hybridized carbons (Fsp3) is 0.333. The van der Waals surface area contributed by atoms with E-state index in [1.807, 2.05) is 26.0 Å². The number of aryl methyl sites for hydroxylation is 2. The van der Waals surface area contributed by atoms with Crippen LogP contribution in [0.5, 0.6) is 0 Å². The molecule has 0 bridgehead atoms. The predicted octanol–water partition coefficient (Wildman–Crippen LogP) is 2.23. The lowest BCUT2D eigenvalue weighted by molar-refractivity contribution is -0.125. The van der Waals surface area contributed by atoms with Crippen LogP contribution < -0.4 is 10.6 Å². The molecule has 8 heteroatoms. The van der Waals surface area contributed by atoms with Crippen LogP contribution in [0.2, 0.25) is 0 Å². The number of nitrogens with zero attached hydrogens (tertiary/aromatic N) is 2. The molecule has 0 atom stereocenters. The highest BCUT2D eigenvalue weighted by molar-refractivity contribution is 6.02. The van der Waals surface area contributed by atoms with Crippen LogP contribution in [0.25, 0.3) is 11.5 Å². The van der Waals surface area contributed by atoms with Gasteiger partial charge in [0.2, 0.25) is 17.7 Å². The van der Waals surface area contributed by atoms with Crippen molar-refractivity contribution in [3.8, 4) is 11.5 Å². The first-order valence-electron chi connectivity index (χ1n) is 8.36. The van der Waals surface area contributed by atoms with Crippen molar-refractivity contribution in [3.63, 3.8) is 0 Å². The molecular weight excluding hydrogens is 336 g/mol. The molecule has 1 saturated heterocycles. The number of nitrogens with one attached hydrogen (secondary N) is 2. The second kappa shape index (κ2) is 7.38. The number of anilines is 1. The standard InChI is InChI=1S/C18H20N4O4/c1-11-12(2)26-17(20-11)13-5-3-6-14(9-13)21-15(23)7-4-8-22-16(24)10-19-18(22)25/h3,5-6,9H,4,7-8,10H2,1-2H3,(H,19,25)(H,21,23). The summed E-state index contributed by atoms with van der Waals surface area (Å²) in [7, 11) is 0. The van der Waals surface area contributed by atoms with Gasteiger partial charge < -0.3 is 15.1 Å². The maximum absolute atomic E-state index is 12.1. The Morgan fingerprint density at radius 3 is 2.81 bits per heavy atom. The summed E-state index contributed by atoms with van der Waals surface area (Å²) in [6, 6.07) is 6.84. The van der Waals surface area contributed by atoms with Gasteiger partial charge in [-0.05, 0) is 38.5 Å². The van der Waals surface area contributed by atoms with Gasteiger partial charge in [0.05, 0.1) is 12.2 Å². The molecule has 2 aromatic rings. The SMILES string of the molecule is Cc1nc(-c2cccc(NC(=O)CCCN3C(=O)CNC3=O)c2)oc1C. The zero-order valence-electron chi connectivity index (χ0n) is 14.7. The van der Waals surface area contributed by atoms with E-state index in [1.165, 1.54) is 0 Å². The van der Waals surface area contributed by atoms with Gasteiger partial charge in [-0.3, -0.25) is 14.5 Å². The van der Waals surface area contributed by atoms with Gasteiger partial charge in [0.1, 0.15) is 5.76 Å². The van der Waals surface area contributed by atoms with Crippen LogP contribution in [0.3, 0.4) is 0 Å². The Morgan fingerprint density at radius 1 is 1.35 bits per heavy atom. The van der Waals surface area contributed by atoms with Crippen molar-refractivity contribution >= 4 is 23.5 Å². The van der Waals surface area contributed by atoms with E-state index in [9.17, 15) is 14.4 Å². The van der Waals surface area contributed by atoms with E-state index >= 15 is 0 Å². The summed E-state index contributed by atoms with van der Waals surface area (Å²) in [5.41, 5.74) is 2.24. The fourth-order valence-electron chi connectivity index (χ4n) is 2.63. The van der Waals surface area contributed by atoms with E-state index in [0.717, 1.165) is 21.9 Å². The number of oxazole rings is 1. The van der Waals surface area contributed by atoms with Gasteiger partial charge in [0.25, 0.3) is 0 Å². The number of carbonyl (C=O) groups is 3. The lowest BCUT2D eigenvalue weighted by Gasteiger charge is -2.12. The maximum atomic E-state index is 12.1. The summed E-state index contributed by atoms with van der Waals surface area (Å²) < 4.78 is 5.60. The molecule has 26 heavy (non-hydrogen) atoms. The third-order valence-electron chi connectivity index (χ3n) is 4.14. The number of imide groups is 1. The topological polar surface area (TPSA) is 105 Å². The van der Waals surface area contributed by atoms with Gasteiger partial charge in [0, 0.05) is 24.2 Å². The minimum absolute atomic E-state index is 0.0254. The summed E-state index contributed by atoms with van der Waals surface area (Å²) in [6.07, 6.45) is 0.612. The molecule has 4 amide bonds. The van der Waals surface area contributed by atoms with Crippen molar-refractivity contribution < 1.29 is 18.8 Å². The van der Waals surface area contributed by atoms with Crippen LogP contribution in [0.4, 0.5) is 10.5 Å². The largest absolute Gasteiger partial charge is 0.441 e. The van der Waals surface area contributed by atoms with Crippen LogP contribution >= 0.6 is 0 Å². The number of urea groups is 1. The van der Waals surface area contributed by atoms with E-state index in [1.54, 1.807) is 12.1 Å². The first kappa shape index (κ1) is 17.7. The van der Waals surface area contributed by atoms with Crippen LogP contribution in [-0.2, 0) is 9.59 Å². The second-order valence-electron chi connectivity index (χ2n) is 6.10. The Bertz CT molecular complexity index is 823. The molecule has 0 spiro atoms. The smallest absolute Gasteiger partial charge is 0.324 e. The molecule has 0 aliphatic carbocycles. The van der Waals surface area contributed by atoms with Gasteiger partial charge in [-0.2, -0.15) is 0 Å². The molecule has 2 heterocycles. The Balaban J connectivity index is 1.55. The van der Waals surface area contributed by atoms with Crippen molar-refractivity contribution in [1.29, 1.82) is 0 Å². The van der Waals surface area contributed by atoms with Crippen molar-refractivity contribution in [2.45, 2.75) is 26.7 Å². The molecule has 1 aromatic heterocycles. The Labute approximate surface area is 150 Å². The normalized spacial score (nSPS) is 13.8. The highest BCUT2D eigenvalue weighted by atomic mass is 16.4. The van der Waals surface area contributed by atoms with E-state index in [0.29, 0.717) is 18.0 Å². The predicted molar refractivity (Wildman–Crippen MR) is 94.4 cm³/mol. The number of amides is 4. The maximum Gasteiger partial charge on any atom is 0.324 e. The lowest BCUT2D eigenvalue weighted by Crippen LogP contribution is -2.32. The molecule has 1 fully saturated rings. The summed E-state index contributed by atoms with van der Waals surface area (Å²) in [5.74, 6) is 0.818. The summed E-state index contributed by atoms with van der Waals surface area (Å²) in [6.45, 7) is 3.98. The van der Waals surface area contributed by atoms with E-state index in [-0.39, 0.29) is 31.3 Å². The van der Waals surface area contributed by atoms with Crippen LogP contribution in [0.15, 0.2) is 28.7 Å². The molecule has 8 nitrogen and oxygen atoms in total. The van der Waals surface area contributed by atoms with Crippen LogP contribution in [0.1, 0.15) is 24.3 Å². The average molecular weight is 356 g/mol. The Kier molecular flexibility index (Phi) is 5.01. The Morgan fingerprint density at radius 2 is 2.15 bits per heavy atom. The third kappa shape index (κ3) is 3.90. The zero-order valence-corrected chi connectivity index (χ0v) is 14.7. The minimum atomic E-state index is -0.403. The molecule has 0 unspecified atom stereocenters. The monoisotopic (exact) mass is 356 g/mol. The van der Waals surface area contributed by atoms with Gasteiger partial charge in [-0.1, -0.05) is 6.07 Å². The molecule has 1 aliphatic heterocycles. The summed E-state index contributed by atoms with van der Waals surface area (Å²) >= 11 is 0. The minimum Gasteiger partial charge on any atom is -0.441 e. The molecule has 1 aromatic carbocycles. The van der Waals surface area contributed by atoms with Gasteiger partial charge >= 0.3 is 6.03 Å². The van der Waals surface area contributed by atoms with Crippen LogP contribution in [0, 0.1) is 13.8 Å². The molecule has 0 saturated carbocycles. The van der Waals surface area contributed by atoms with Crippen molar-refractivity contribution in [3.05, 3.63) is 35.7 Å². The molecule has 2 N–H and O–H groups in total. The van der Waals surface area contributed by atoms with Gasteiger partial charge in [-0.25, -0.2) is 9.78 Å². The van der Waals surface area contributed by atoms with E-state index < -0.39 is 6.03 Å². The number of rotatable bonds is 6. The first-order valence-corrected chi connectivity index (χ1v) is 8.36. The fourth-order valence-corrected chi connectivity index (χ4v) is 2.63.